The summed E-state index contributed by atoms with van der Waals surface area (Å²) < 4.78 is 42.8. The number of nitrogens with zero attached hydrogens (tertiary/aromatic N) is 2. The Morgan fingerprint density at radius 3 is 2.39 bits per heavy atom. The fourth-order valence-corrected chi connectivity index (χ4v) is 2.19. The molecule has 0 bridgehead atoms. The number of halogens is 3. The van der Waals surface area contributed by atoms with Crippen LogP contribution in [0, 0.1) is 22.7 Å². The first-order valence-corrected chi connectivity index (χ1v) is 5.39. The predicted molar refractivity (Wildman–Crippen MR) is 54.7 cm³/mol. The Morgan fingerprint density at radius 2 is 2.00 bits per heavy atom. The van der Waals surface area contributed by atoms with Gasteiger partial charge in [-0.15, -0.1) is 11.3 Å². The third-order valence-corrected chi connectivity index (χ3v) is 2.94. The number of carbonyl (C=O) groups excluding carboxylic acids is 1. The van der Waals surface area contributed by atoms with Crippen molar-refractivity contribution >= 4 is 17.3 Å². The van der Waals surface area contributed by atoms with Gasteiger partial charge in [0.2, 0.25) is 0 Å². The molecule has 0 saturated heterocycles. The third kappa shape index (κ3) is 2.44. The fourth-order valence-electron chi connectivity index (χ4n) is 1.23. The zero-order valence-electron chi connectivity index (χ0n) is 8.96. The molecule has 0 spiro atoms. The van der Waals surface area contributed by atoms with Crippen molar-refractivity contribution in [3.05, 3.63) is 20.9 Å². The number of alkyl halides is 3. The first kappa shape index (κ1) is 14.0. The van der Waals surface area contributed by atoms with Gasteiger partial charge in [0.25, 0.3) is 0 Å². The van der Waals surface area contributed by atoms with E-state index in [0.717, 1.165) is 0 Å². The van der Waals surface area contributed by atoms with Crippen LogP contribution in [0.5, 0.6) is 0 Å². The summed E-state index contributed by atoms with van der Waals surface area (Å²) in [5.74, 6) is -1.19. The fraction of sp³-hybridized carbons (Fsp3) is 0.300. The van der Waals surface area contributed by atoms with Crippen molar-refractivity contribution in [1.29, 1.82) is 10.5 Å². The standard InChI is InChI=1S/C10H5F3N2O2S/c1-2-17-9(16)8-7(10(11,12)13)5(3-14)6(4-15)18-8/h2H2,1H3. The highest BCUT2D eigenvalue weighted by molar-refractivity contribution is 7.14. The van der Waals surface area contributed by atoms with Crippen LogP contribution >= 0.6 is 11.3 Å². The molecule has 18 heavy (non-hydrogen) atoms. The molecule has 0 aliphatic carbocycles. The van der Waals surface area contributed by atoms with Crippen LogP contribution in [0.4, 0.5) is 13.2 Å². The van der Waals surface area contributed by atoms with E-state index in [4.69, 9.17) is 10.5 Å². The van der Waals surface area contributed by atoms with E-state index in [2.05, 4.69) is 4.74 Å². The van der Waals surface area contributed by atoms with Crippen LogP contribution in [0.2, 0.25) is 0 Å². The number of rotatable bonds is 2. The Hall–Kier alpha value is -2.06. The Kier molecular flexibility index (Phi) is 3.94. The number of carbonyl (C=O) groups is 1. The number of esters is 1. The summed E-state index contributed by atoms with van der Waals surface area (Å²) in [6.45, 7) is 1.34. The average Bonchev–Trinajstić information content (AvgIpc) is 2.67. The molecule has 1 aromatic heterocycles. The molecule has 0 saturated carbocycles. The molecule has 1 aromatic rings. The van der Waals surface area contributed by atoms with Crippen molar-refractivity contribution in [3.8, 4) is 12.1 Å². The molecule has 94 valence electrons. The number of ether oxygens (including phenoxy) is 1. The summed E-state index contributed by atoms with van der Waals surface area (Å²) in [5.41, 5.74) is -2.23. The molecule has 1 rings (SSSR count). The van der Waals surface area contributed by atoms with Crippen molar-refractivity contribution in [2.24, 2.45) is 0 Å². The topological polar surface area (TPSA) is 73.9 Å². The maximum Gasteiger partial charge on any atom is 0.419 e. The lowest BCUT2D eigenvalue weighted by Gasteiger charge is -2.07. The second-order valence-corrected chi connectivity index (χ2v) is 3.97. The second kappa shape index (κ2) is 5.07. The number of nitriles is 2. The van der Waals surface area contributed by atoms with E-state index < -0.39 is 33.0 Å². The molecule has 0 aliphatic heterocycles. The predicted octanol–water partition coefficient (Wildman–Crippen LogP) is 2.69. The highest BCUT2D eigenvalue weighted by Crippen LogP contribution is 2.40. The van der Waals surface area contributed by atoms with Crippen molar-refractivity contribution in [2.45, 2.75) is 13.1 Å². The summed E-state index contributed by atoms with van der Waals surface area (Å²) in [7, 11) is 0. The molecular formula is C10H5F3N2O2S. The normalized spacial score (nSPS) is 10.6. The van der Waals surface area contributed by atoms with Gasteiger partial charge in [0.1, 0.15) is 27.5 Å². The molecule has 8 heteroatoms. The van der Waals surface area contributed by atoms with E-state index in [9.17, 15) is 18.0 Å². The summed E-state index contributed by atoms with van der Waals surface area (Å²) in [6, 6.07) is 2.76. The highest BCUT2D eigenvalue weighted by Gasteiger charge is 2.42. The van der Waals surface area contributed by atoms with Crippen LogP contribution in [0.3, 0.4) is 0 Å². The second-order valence-electron chi connectivity index (χ2n) is 2.95. The van der Waals surface area contributed by atoms with Gasteiger partial charge < -0.3 is 4.74 Å². The van der Waals surface area contributed by atoms with E-state index in [1.54, 1.807) is 0 Å². The largest absolute Gasteiger partial charge is 0.462 e. The van der Waals surface area contributed by atoms with Crippen molar-refractivity contribution < 1.29 is 22.7 Å². The van der Waals surface area contributed by atoms with Crippen molar-refractivity contribution in [2.75, 3.05) is 6.61 Å². The van der Waals surface area contributed by atoms with Gasteiger partial charge in [0.05, 0.1) is 12.2 Å². The first-order valence-electron chi connectivity index (χ1n) is 4.58. The van der Waals surface area contributed by atoms with Gasteiger partial charge in [0, 0.05) is 0 Å². The van der Waals surface area contributed by atoms with E-state index in [1.165, 1.54) is 19.1 Å². The molecule has 0 atom stereocenters. The van der Waals surface area contributed by atoms with Gasteiger partial charge in [-0.2, -0.15) is 23.7 Å². The quantitative estimate of drug-likeness (QED) is 0.777. The van der Waals surface area contributed by atoms with Gasteiger partial charge in [-0.1, -0.05) is 0 Å². The SMILES string of the molecule is CCOC(=O)c1sc(C#N)c(C#N)c1C(F)(F)F. The van der Waals surface area contributed by atoms with Crippen LogP contribution in [-0.2, 0) is 10.9 Å². The van der Waals surface area contributed by atoms with Gasteiger partial charge in [-0.3, -0.25) is 0 Å². The van der Waals surface area contributed by atoms with Crippen LogP contribution in [0.1, 0.15) is 32.6 Å². The number of hydrogen-bond acceptors (Lipinski definition) is 5. The van der Waals surface area contributed by atoms with E-state index >= 15 is 0 Å². The minimum atomic E-state index is -4.89. The maximum absolute atomic E-state index is 12.8. The Balaban J connectivity index is 3.54. The third-order valence-electron chi connectivity index (χ3n) is 1.87. The summed E-state index contributed by atoms with van der Waals surface area (Å²) in [5, 5.41) is 17.3. The molecule has 0 aliphatic rings. The molecule has 4 nitrogen and oxygen atoms in total. The average molecular weight is 274 g/mol. The van der Waals surface area contributed by atoms with Crippen LogP contribution in [0.15, 0.2) is 0 Å². The molecular weight excluding hydrogens is 269 g/mol. The smallest absolute Gasteiger partial charge is 0.419 e. The lowest BCUT2D eigenvalue weighted by Crippen LogP contribution is -2.13. The maximum atomic E-state index is 12.8. The zero-order chi connectivity index (χ0) is 13.9. The number of thiophene rings is 1. The Labute approximate surface area is 104 Å². The van der Waals surface area contributed by atoms with Gasteiger partial charge in [-0.05, 0) is 6.92 Å². The van der Waals surface area contributed by atoms with Gasteiger partial charge >= 0.3 is 12.1 Å². The molecule has 0 unspecified atom stereocenters. The minimum absolute atomic E-state index is 0.0994. The van der Waals surface area contributed by atoms with Crippen LogP contribution in [0.25, 0.3) is 0 Å². The molecule has 0 amide bonds. The summed E-state index contributed by atoms with van der Waals surface area (Å²) in [4.78, 5) is 10.2. The molecule has 0 N–H and O–H groups in total. The molecule has 0 aromatic carbocycles. The van der Waals surface area contributed by atoms with E-state index in [-0.39, 0.29) is 6.61 Å². The molecule has 0 radical (unpaired) electrons. The number of hydrogen-bond donors (Lipinski definition) is 0. The lowest BCUT2D eigenvalue weighted by molar-refractivity contribution is -0.138. The Bertz CT molecular complexity index is 563. The summed E-state index contributed by atoms with van der Waals surface area (Å²) in [6.07, 6.45) is -4.89. The summed E-state index contributed by atoms with van der Waals surface area (Å²) >= 11 is 0.307. The van der Waals surface area contributed by atoms with Crippen molar-refractivity contribution in [3.63, 3.8) is 0 Å². The monoisotopic (exact) mass is 274 g/mol. The van der Waals surface area contributed by atoms with Gasteiger partial charge in [0.15, 0.2) is 0 Å². The van der Waals surface area contributed by atoms with E-state index in [0.29, 0.717) is 11.3 Å². The highest BCUT2D eigenvalue weighted by atomic mass is 32.1. The van der Waals surface area contributed by atoms with Crippen LogP contribution in [-0.4, -0.2) is 12.6 Å². The van der Waals surface area contributed by atoms with E-state index in [1.807, 2.05) is 0 Å². The Morgan fingerprint density at radius 1 is 1.39 bits per heavy atom. The minimum Gasteiger partial charge on any atom is -0.462 e. The molecule has 0 fully saturated rings. The first-order chi connectivity index (χ1) is 8.36. The van der Waals surface area contributed by atoms with Gasteiger partial charge in [-0.25, -0.2) is 4.79 Å². The zero-order valence-corrected chi connectivity index (χ0v) is 9.78. The van der Waals surface area contributed by atoms with Crippen molar-refractivity contribution in [1.82, 2.24) is 0 Å². The van der Waals surface area contributed by atoms with Crippen LogP contribution < -0.4 is 0 Å². The molecule has 1 heterocycles. The lowest BCUT2D eigenvalue weighted by atomic mass is 10.1.